The van der Waals surface area contributed by atoms with Gasteiger partial charge in [-0.05, 0) is 75.2 Å². The highest BCUT2D eigenvalue weighted by Gasteiger charge is 2.35. The lowest BCUT2D eigenvalue weighted by molar-refractivity contribution is 0.0196. The highest BCUT2D eigenvalue weighted by Crippen LogP contribution is 2.33. The number of hydrogen-bond acceptors (Lipinski definition) is 5. The van der Waals surface area contributed by atoms with Crippen LogP contribution < -0.4 is 4.90 Å². The summed E-state index contributed by atoms with van der Waals surface area (Å²) in [4.78, 5) is 35.5. The molecule has 0 bridgehead atoms. The molecule has 0 spiro atoms. The van der Waals surface area contributed by atoms with Crippen LogP contribution in [0.5, 0.6) is 0 Å². The number of aromatic nitrogens is 3. The van der Waals surface area contributed by atoms with Crippen LogP contribution in [0.25, 0.3) is 21.9 Å². The van der Waals surface area contributed by atoms with E-state index in [4.69, 9.17) is 9.72 Å². The highest BCUT2D eigenvalue weighted by atomic mass is 16.6. The number of hydrogen-bond donors (Lipinski definition) is 0. The van der Waals surface area contributed by atoms with Crippen LogP contribution in [0.1, 0.15) is 49.5 Å². The highest BCUT2D eigenvalue weighted by molar-refractivity contribution is 6.11. The molecule has 2 amide bonds. The van der Waals surface area contributed by atoms with Crippen molar-refractivity contribution in [1.29, 1.82) is 0 Å². The minimum atomic E-state index is -0.593. The summed E-state index contributed by atoms with van der Waals surface area (Å²) in [7, 11) is 1.88. The van der Waals surface area contributed by atoms with Crippen molar-refractivity contribution in [2.75, 3.05) is 18.0 Å². The van der Waals surface area contributed by atoms with Crippen molar-refractivity contribution in [2.24, 2.45) is 7.05 Å². The van der Waals surface area contributed by atoms with Gasteiger partial charge >= 0.3 is 6.09 Å². The summed E-state index contributed by atoms with van der Waals surface area (Å²) >= 11 is 0. The van der Waals surface area contributed by atoms with E-state index in [9.17, 15) is 9.59 Å². The summed E-state index contributed by atoms with van der Waals surface area (Å²) in [6.45, 7) is 8.58. The van der Waals surface area contributed by atoms with Crippen molar-refractivity contribution in [3.8, 4) is 11.1 Å². The third-order valence-corrected chi connectivity index (χ3v) is 7.01. The minimum absolute atomic E-state index is 0.146. The van der Waals surface area contributed by atoms with E-state index in [1.165, 1.54) is 0 Å². The molecule has 0 N–H and O–H groups in total. The maximum Gasteiger partial charge on any atom is 0.410 e. The van der Waals surface area contributed by atoms with Crippen molar-refractivity contribution < 1.29 is 14.3 Å². The first-order valence-corrected chi connectivity index (χ1v) is 13.4. The average Bonchev–Trinajstić information content (AvgIpc) is 3.34. The summed E-state index contributed by atoms with van der Waals surface area (Å²) in [5.41, 5.74) is 2.98. The van der Waals surface area contributed by atoms with Crippen molar-refractivity contribution in [1.82, 2.24) is 19.7 Å². The Balaban J connectivity index is 1.54. The topological polar surface area (TPSA) is 80.6 Å². The van der Waals surface area contributed by atoms with Crippen molar-refractivity contribution >= 4 is 28.6 Å². The number of carbonyl (C=O) groups is 2. The molecule has 2 aromatic carbocycles. The third kappa shape index (κ3) is 5.65. The smallest absolute Gasteiger partial charge is 0.410 e. The first-order valence-electron chi connectivity index (χ1n) is 13.4. The van der Waals surface area contributed by atoms with Gasteiger partial charge in [-0.15, -0.1) is 0 Å². The Morgan fingerprint density at radius 3 is 2.51 bits per heavy atom. The van der Waals surface area contributed by atoms with Gasteiger partial charge in [-0.2, -0.15) is 5.10 Å². The lowest BCUT2D eigenvalue weighted by Crippen LogP contribution is -2.53. The van der Waals surface area contributed by atoms with E-state index in [0.717, 1.165) is 40.3 Å². The molecule has 1 aliphatic rings. The van der Waals surface area contributed by atoms with E-state index in [1.54, 1.807) is 26.9 Å². The van der Waals surface area contributed by atoms with Gasteiger partial charge in [-0.1, -0.05) is 30.3 Å². The molecule has 8 heteroatoms. The van der Waals surface area contributed by atoms with E-state index >= 15 is 0 Å². The van der Waals surface area contributed by atoms with Crippen molar-refractivity contribution in [3.63, 3.8) is 0 Å². The van der Waals surface area contributed by atoms with Gasteiger partial charge in [-0.3, -0.25) is 14.4 Å². The number of benzene rings is 2. The molecule has 39 heavy (non-hydrogen) atoms. The standard InChI is InChI=1S/C31H35N5O3/c1-21-8-6-9-23-15-16-32-28(27(21)23)36(26-10-7-17-35(20-26)30(38)39-31(2,3)4)29(37)24-13-11-22(12-14-24)25-18-33-34(5)19-25/h6,8-9,11-16,18-19,26H,7,10,17,20H2,1-5H3/t26-/m1/s1. The summed E-state index contributed by atoms with van der Waals surface area (Å²) < 4.78 is 7.42. The molecule has 5 rings (SSSR count). The van der Waals surface area contributed by atoms with Crippen LogP contribution in [0.3, 0.4) is 0 Å². The number of aryl methyl sites for hydroxylation is 2. The number of nitrogens with zero attached hydrogens (tertiary/aromatic N) is 5. The Hall–Kier alpha value is -4.20. The van der Waals surface area contributed by atoms with Gasteiger partial charge in [0.25, 0.3) is 5.91 Å². The summed E-state index contributed by atoms with van der Waals surface area (Å²) in [6.07, 6.45) is 6.65. The zero-order chi connectivity index (χ0) is 27.7. The minimum Gasteiger partial charge on any atom is -0.444 e. The Morgan fingerprint density at radius 1 is 1.05 bits per heavy atom. The van der Waals surface area contributed by atoms with Crippen LogP contribution in [0.4, 0.5) is 10.6 Å². The fraction of sp³-hybridized carbons (Fsp3) is 0.355. The monoisotopic (exact) mass is 525 g/mol. The second-order valence-corrected chi connectivity index (χ2v) is 11.2. The van der Waals surface area contributed by atoms with E-state index in [1.807, 2.05) is 89.5 Å². The zero-order valence-electron chi connectivity index (χ0n) is 23.2. The molecule has 0 saturated carbocycles. The molecule has 1 fully saturated rings. The molecule has 0 aliphatic carbocycles. The number of pyridine rings is 1. The Labute approximate surface area is 229 Å². The molecule has 2 aromatic heterocycles. The second-order valence-electron chi connectivity index (χ2n) is 11.2. The van der Waals surface area contributed by atoms with Crippen LogP contribution in [-0.4, -0.2) is 56.4 Å². The van der Waals surface area contributed by atoms with Gasteiger partial charge in [0.05, 0.1) is 12.2 Å². The lowest BCUT2D eigenvalue weighted by Gasteiger charge is -2.39. The van der Waals surface area contributed by atoms with Gasteiger partial charge in [0.2, 0.25) is 0 Å². The van der Waals surface area contributed by atoms with Gasteiger partial charge in [0.1, 0.15) is 11.4 Å². The number of rotatable bonds is 4. The normalized spacial score (nSPS) is 15.8. The van der Waals surface area contributed by atoms with Gasteiger partial charge in [0.15, 0.2) is 0 Å². The van der Waals surface area contributed by atoms with E-state index < -0.39 is 5.60 Å². The Kier molecular flexibility index (Phi) is 7.12. The molecule has 202 valence electrons. The quantitative estimate of drug-likeness (QED) is 0.327. The first-order chi connectivity index (χ1) is 18.6. The number of ether oxygens (including phenoxy) is 1. The van der Waals surface area contributed by atoms with E-state index in [-0.39, 0.29) is 18.0 Å². The maximum atomic E-state index is 14.3. The number of amides is 2. The number of anilines is 1. The molecule has 3 heterocycles. The van der Waals surface area contributed by atoms with Crippen LogP contribution in [0.2, 0.25) is 0 Å². The largest absolute Gasteiger partial charge is 0.444 e. The van der Waals surface area contributed by atoms with Gasteiger partial charge in [0, 0.05) is 49.0 Å². The summed E-state index contributed by atoms with van der Waals surface area (Å²) in [6, 6.07) is 15.4. The molecule has 1 aliphatic heterocycles. The number of piperidine rings is 1. The number of carbonyl (C=O) groups excluding carboxylic acids is 2. The number of fused-ring (bicyclic) bond motifs is 1. The predicted molar refractivity (Wildman–Crippen MR) is 153 cm³/mol. The van der Waals surface area contributed by atoms with Crippen LogP contribution in [-0.2, 0) is 11.8 Å². The van der Waals surface area contributed by atoms with Crippen molar-refractivity contribution in [3.05, 3.63) is 78.2 Å². The molecule has 1 saturated heterocycles. The third-order valence-electron chi connectivity index (χ3n) is 7.01. The molecular formula is C31H35N5O3. The first kappa shape index (κ1) is 26.4. The second kappa shape index (κ2) is 10.5. The maximum absolute atomic E-state index is 14.3. The SMILES string of the molecule is Cc1cccc2ccnc(N(C(=O)c3ccc(-c4cnn(C)c4)cc3)[C@@H]3CCCN(C(=O)OC(C)(C)C)C3)c12. The lowest BCUT2D eigenvalue weighted by atomic mass is 10.00. The zero-order valence-corrected chi connectivity index (χ0v) is 23.2. The predicted octanol–water partition coefficient (Wildman–Crippen LogP) is 5.99. The Morgan fingerprint density at radius 2 is 1.82 bits per heavy atom. The molecular weight excluding hydrogens is 490 g/mol. The molecule has 8 nitrogen and oxygen atoms in total. The fourth-order valence-electron chi connectivity index (χ4n) is 5.18. The van der Waals surface area contributed by atoms with Gasteiger partial charge < -0.3 is 9.64 Å². The molecule has 0 radical (unpaired) electrons. The molecule has 0 unspecified atom stereocenters. The van der Waals surface area contributed by atoms with Crippen LogP contribution in [0, 0.1) is 6.92 Å². The van der Waals surface area contributed by atoms with Crippen LogP contribution in [0.15, 0.2) is 67.1 Å². The summed E-state index contributed by atoms with van der Waals surface area (Å²) in [5.74, 6) is 0.468. The van der Waals surface area contributed by atoms with E-state index in [2.05, 4.69) is 5.10 Å². The van der Waals surface area contributed by atoms with Gasteiger partial charge in [-0.25, -0.2) is 9.78 Å². The van der Waals surface area contributed by atoms with Crippen LogP contribution >= 0.6 is 0 Å². The molecule has 1 atom stereocenters. The molecule has 4 aromatic rings. The Bertz CT molecular complexity index is 1500. The average molecular weight is 526 g/mol. The summed E-state index contributed by atoms with van der Waals surface area (Å²) in [5, 5.41) is 6.21. The number of likely N-dealkylation sites (tertiary alicyclic amines) is 1. The van der Waals surface area contributed by atoms with Crippen molar-refractivity contribution in [2.45, 2.75) is 52.2 Å². The van der Waals surface area contributed by atoms with E-state index in [0.29, 0.717) is 24.5 Å². The fourth-order valence-corrected chi connectivity index (χ4v) is 5.18.